The summed E-state index contributed by atoms with van der Waals surface area (Å²) in [6.45, 7) is 4.48. The zero-order valence-electron chi connectivity index (χ0n) is 28.5. The van der Waals surface area contributed by atoms with E-state index in [0.29, 0.717) is 0 Å². The number of aryl methyl sites for hydroxylation is 1. The Hall–Kier alpha value is -6.03. The van der Waals surface area contributed by atoms with Crippen LogP contribution in [0.25, 0.3) is 76.0 Å². The minimum atomic E-state index is 0.837. The van der Waals surface area contributed by atoms with E-state index in [-0.39, 0.29) is 0 Å². The Labute approximate surface area is 301 Å². The zero-order valence-corrected chi connectivity index (χ0v) is 29.3. The normalized spacial score (nSPS) is 12.5. The van der Waals surface area contributed by atoms with Gasteiger partial charge in [0.1, 0.15) is 5.65 Å². The molecule has 0 radical (unpaired) electrons. The first-order valence-electron chi connectivity index (χ1n) is 17.6. The Kier molecular flexibility index (Phi) is 6.90. The predicted molar refractivity (Wildman–Crippen MR) is 217 cm³/mol. The third-order valence-electron chi connectivity index (χ3n) is 10.6. The standard InChI is InChI=1S/C48H34N2S/c1-30-13-3-5-15-36(30)38-19-11-18-37(31(38)2)33-27-34(29-35(28-33)41-20-12-21-43-42-17-7-8-22-44(42)51-48(41)43)40-25-24-32-14-4-6-16-39(32)46-47(40)50-26-10-9-23-45(50)49-46/h3-23,25-29H,24H2,1-2H3. The molecule has 2 nitrogen and oxygen atoms in total. The van der Waals surface area contributed by atoms with Crippen LogP contribution in [0.2, 0.25) is 0 Å². The molecule has 1 aliphatic carbocycles. The predicted octanol–water partition coefficient (Wildman–Crippen LogP) is 13.0. The second-order valence-corrected chi connectivity index (χ2v) is 14.6. The summed E-state index contributed by atoms with van der Waals surface area (Å²) in [7, 11) is 0. The molecule has 0 N–H and O–H groups in total. The highest BCUT2D eigenvalue weighted by Gasteiger charge is 2.25. The maximum Gasteiger partial charge on any atom is 0.137 e. The van der Waals surface area contributed by atoms with Crippen LogP contribution in [0.15, 0.2) is 158 Å². The highest BCUT2D eigenvalue weighted by molar-refractivity contribution is 7.26. The molecule has 242 valence electrons. The molecule has 0 aliphatic heterocycles. The number of nitrogens with zero attached hydrogens (tertiary/aromatic N) is 2. The van der Waals surface area contributed by atoms with E-state index in [4.69, 9.17) is 4.98 Å². The maximum atomic E-state index is 5.25. The molecule has 9 aromatic rings. The number of rotatable bonds is 4. The van der Waals surface area contributed by atoms with E-state index in [0.717, 1.165) is 23.5 Å². The van der Waals surface area contributed by atoms with Gasteiger partial charge in [-0.3, -0.25) is 4.40 Å². The van der Waals surface area contributed by atoms with Crippen molar-refractivity contribution in [3.05, 3.63) is 186 Å². The first-order chi connectivity index (χ1) is 25.1. The maximum absolute atomic E-state index is 5.25. The first kappa shape index (κ1) is 29.8. The summed E-state index contributed by atoms with van der Waals surface area (Å²) in [4.78, 5) is 5.25. The van der Waals surface area contributed by atoms with Crippen molar-refractivity contribution in [2.75, 3.05) is 0 Å². The number of allylic oxidation sites excluding steroid dienone is 1. The molecule has 0 saturated carbocycles. The number of pyridine rings is 1. The van der Waals surface area contributed by atoms with Gasteiger partial charge < -0.3 is 0 Å². The molecule has 0 atom stereocenters. The lowest BCUT2D eigenvalue weighted by Gasteiger charge is -2.18. The van der Waals surface area contributed by atoms with Crippen molar-refractivity contribution in [3.63, 3.8) is 0 Å². The van der Waals surface area contributed by atoms with Crippen molar-refractivity contribution in [1.82, 2.24) is 9.38 Å². The Balaban J connectivity index is 1.26. The smallest absolute Gasteiger partial charge is 0.137 e. The highest BCUT2D eigenvalue weighted by Crippen LogP contribution is 2.45. The molecule has 0 saturated heterocycles. The summed E-state index contributed by atoms with van der Waals surface area (Å²) >= 11 is 1.89. The van der Waals surface area contributed by atoms with Crippen LogP contribution in [0.4, 0.5) is 0 Å². The van der Waals surface area contributed by atoms with Gasteiger partial charge in [0.25, 0.3) is 0 Å². The van der Waals surface area contributed by atoms with Crippen molar-refractivity contribution in [3.8, 4) is 44.6 Å². The third-order valence-corrected chi connectivity index (χ3v) is 11.8. The van der Waals surface area contributed by atoms with Gasteiger partial charge in [0.15, 0.2) is 0 Å². The van der Waals surface area contributed by atoms with Crippen molar-refractivity contribution in [1.29, 1.82) is 0 Å². The molecule has 0 amide bonds. The summed E-state index contributed by atoms with van der Waals surface area (Å²) in [5.41, 5.74) is 18.1. The Bertz CT molecular complexity index is 2860. The van der Waals surface area contributed by atoms with Crippen LogP contribution in [-0.4, -0.2) is 9.38 Å². The SMILES string of the molecule is Cc1ccccc1-c1cccc(-c2cc(C3=CCc4ccccc4-c4nc5ccccn5c43)cc(-c3cccc4c3sc3ccccc34)c2)c1C. The Morgan fingerprint density at radius 3 is 2.14 bits per heavy atom. The Morgan fingerprint density at radius 1 is 0.569 bits per heavy atom. The van der Waals surface area contributed by atoms with Crippen LogP contribution in [0.3, 0.4) is 0 Å². The van der Waals surface area contributed by atoms with Gasteiger partial charge in [-0.05, 0) is 112 Å². The van der Waals surface area contributed by atoms with E-state index in [1.165, 1.54) is 86.9 Å². The molecule has 3 heteroatoms. The van der Waals surface area contributed by atoms with Crippen LogP contribution in [0, 0.1) is 13.8 Å². The number of benzene rings is 6. The molecule has 3 aromatic heterocycles. The number of hydrogen-bond acceptors (Lipinski definition) is 2. The molecular formula is C48H34N2S. The van der Waals surface area contributed by atoms with Gasteiger partial charge in [0, 0.05) is 37.5 Å². The van der Waals surface area contributed by atoms with Gasteiger partial charge >= 0.3 is 0 Å². The number of thiophene rings is 1. The summed E-state index contributed by atoms with van der Waals surface area (Å²) in [6.07, 6.45) is 5.41. The summed E-state index contributed by atoms with van der Waals surface area (Å²) in [5, 5.41) is 2.63. The van der Waals surface area contributed by atoms with E-state index in [9.17, 15) is 0 Å². The van der Waals surface area contributed by atoms with Gasteiger partial charge in [0.05, 0.1) is 11.4 Å². The number of imidazole rings is 1. The molecule has 0 bridgehead atoms. The minimum Gasteiger partial charge on any atom is -0.299 e. The van der Waals surface area contributed by atoms with Crippen molar-refractivity contribution in [2.24, 2.45) is 0 Å². The summed E-state index contributed by atoms with van der Waals surface area (Å²) < 4.78 is 4.91. The fourth-order valence-corrected chi connectivity index (χ4v) is 9.36. The molecule has 51 heavy (non-hydrogen) atoms. The van der Waals surface area contributed by atoms with E-state index in [2.05, 4.69) is 176 Å². The van der Waals surface area contributed by atoms with E-state index in [1.54, 1.807) is 0 Å². The lowest BCUT2D eigenvalue weighted by molar-refractivity contribution is 1.15. The first-order valence-corrected chi connectivity index (χ1v) is 18.4. The van der Waals surface area contributed by atoms with Crippen LogP contribution < -0.4 is 0 Å². The summed E-state index contributed by atoms with van der Waals surface area (Å²) in [5.74, 6) is 0. The van der Waals surface area contributed by atoms with Crippen molar-refractivity contribution in [2.45, 2.75) is 20.3 Å². The topological polar surface area (TPSA) is 17.3 Å². The van der Waals surface area contributed by atoms with E-state index in [1.807, 2.05) is 11.3 Å². The molecule has 3 heterocycles. The number of aromatic nitrogens is 2. The summed E-state index contributed by atoms with van der Waals surface area (Å²) in [6, 6.07) is 53.3. The van der Waals surface area contributed by atoms with Crippen molar-refractivity contribution >= 4 is 42.7 Å². The van der Waals surface area contributed by atoms with Gasteiger partial charge in [-0.25, -0.2) is 4.98 Å². The van der Waals surface area contributed by atoms with E-state index >= 15 is 0 Å². The number of fused-ring (bicyclic) bond motifs is 8. The molecule has 0 fully saturated rings. The second kappa shape index (κ2) is 11.8. The fourth-order valence-electron chi connectivity index (χ4n) is 8.12. The van der Waals surface area contributed by atoms with Crippen LogP contribution in [0.1, 0.15) is 27.9 Å². The monoisotopic (exact) mass is 670 g/mol. The van der Waals surface area contributed by atoms with Crippen molar-refractivity contribution < 1.29 is 0 Å². The van der Waals surface area contributed by atoms with Crippen LogP contribution in [-0.2, 0) is 6.42 Å². The minimum absolute atomic E-state index is 0.837. The molecule has 10 rings (SSSR count). The third kappa shape index (κ3) is 4.80. The molecular weight excluding hydrogens is 637 g/mol. The van der Waals surface area contributed by atoms with E-state index < -0.39 is 0 Å². The van der Waals surface area contributed by atoms with Crippen LogP contribution in [0.5, 0.6) is 0 Å². The Morgan fingerprint density at radius 2 is 1.24 bits per heavy atom. The number of hydrogen-bond donors (Lipinski definition) is 0. The van der Waals surface area contributed by atoms with Gasteiger partial charge in [-0.1, -0.05) is 115 Å². The lowest BCUT2D eigenvalue weighted by Crippen LogP contribution is -1.98. The second-order valence-electron chi connectivity index (χ2n) is 13.6. The largest absolute Gasteiger partial charge is 0.299 e. The molecule has 6 aromatic carbocycles. The molecule has 0 unspecified atom stereocenters. The fraction of sp³-hybridized carbons (Fsp3) is 0.0625. The highest BCUT2D eigenvalue weighted by atomic mass is 32.1. The average molecular weight is 671 g/mol. The zero-order chi connectivity index (χ0) is 34.1. The van der Waals surface area contributed by atoms with Crippen LogP contribution >= 0.6 is 11.3 Å². The quantitative estimate of drug-likeness (QED) is 0.182. The lowest BCUT2D eigenvalue weighted by atomic mass is 9.87. The van der Waals surface area contributed by atoms with Gasteiger partial charge in [-0.15, -0.1) is 11.3 Å². The van der Waals surface area contributed by atoms with Gasteiger partial charge in [-0.2, -0.15) is 0 Å². The van der Waals surface area contributed by atoms with Gasteiger partial charge in [0.2, 0.25) is 0 Å². The molecule has 0 spiro atoms. The average Bonchev–Trinajstić information content (AvgIpc) is 3.70. The molecule has 1 aliphatic rings.